The van der Waals surface area contributed by atoms with Crippen molar-refractivity contribution in [3.63, 3.8) is 0 Å². The van der Waals surface area contributed by atoms with Gasteiger partial charge in [0.1, 0.15) is 17.1 Å². The first-order chi connectivity index (χ1) is 16.0. The maximum absolute atomic E-state index is 10.3. The number of nitrogens with zero attached hydrogens (tertiary/aromatic N) is 5. The van der Waals surface area contributed by atoms with Crippen molar-refractivity contribution < 1.29 is 61.2 Å². The molecule has 2 aromatic heterocycles. The molecule has 2 aromatic rings. The predicted molar refractivity (Wildman–Crippen MR) is 138 cm³/mol. The van der Waals surface area contributed by atoms with E-state index >= 15 is 0 Å². The molecule has 35 heavy (non-hydrogen) atoms. The first-order valence-corrected chi connectivity index (χ1v) is 11.7. The van der Waals surface area contributed by atoms with Crippen LogP contribution in [0.3, 0.4) is 0 Å². The quantitative estimate of drug-likeness (QED) is 0.354. The van der Waals surface area contributed by atoms with Crippen LogP contribution in [0, 0.1) is 22.7 Å². The van der Waals surface area contributed by atoms with Crippen molar-refractivity contribution in [2.45, 2.75) is 48.0 Å². The van der Waals surface area contributed by atoms with Crippen molar-refractivity contribution in [3.05, 3.63) is 47.2 Å². The topological polar surface area (TPSA) is 109 Å². The second-order valence-electron chi connectivity index (χ2n) is 10.1. The van der Waals surface area contributed by atoms with Gasteiger partial charge in [-0.2, -0.15) is 0 Å². The average molecular weight is 507 g/mol. The summed E-state index contributed by atoms with van der Waals surface area (Å²) in [5.41, 5.74) is 1.90. The zero-order valence-electron chi connectivity index (χ0n) is 22.8. The summed E-state index contributed by atoms with van der Waals surface area (Å²) < 4.78 is 5.02. The minimum Gasteiger partial charge on any atom is -0.656 e. The Bertz CT molecular complexity index is 980. The van der Waals surface area contributed by atoms with Crippen LogP contribution in [-0.4, -0.2) is 53.2 Å². The van der Waals surface area contributed by atoms with Gasteiger partial charge in [0.05, 0.1) is 12.8 Å². The minimum atomic E-state index is -0.0603. The summed E-state index contributed by atoms with van der Waals surface area (Å²) in [6.07, 6.45) is 4.13. The van der Waals surface area contributed by atoms with Crippen molar-refractivity contribution >= 4 is 11.5 Å². The Kier molecular flexibility index (Phi) is 12.9. The van der Waals surface area contributed by atoms with Crippen molar-refractivity contribution in [1.29, 1.82) is 5.41 Å². The summed E-state index contributed by atoms with van der Waals surface area (Å²) in [7, 11) is 3.06. The number of hydrogen-bond acceptors (Lipinski definition) is 7. The van der Waals surface area contributed by atoms with Crippen LogP contribution in [0.1, 0.15) is 53.5 Å². The Hall–Kier alpha value is -1.52. The maximum atomic E-state index is 10.3. The van der Waals surface area contributed by atoms with Gasteiger partial charge in [0, 0.05) is 30.7 Å². The molecule has 186 valence electrons. The first kappa shape index (κ1) is 31.5. The standard InChI is InChI=1S/C19H23N6O2.C7H16.K/c1-12-6-7-25(11-12)17-5-4-15(23-24-17)19-16(26)8-13(10-22-19)14(20)9-18(21-2)27-3;1-6(2)7(3,4)5;/h4-5,8-10,12H,6-7,11H2,1-3H3,(H2-,20,21,23,26);6H,1-5H3;/q-1;;+1/t12-;;/m1../s1. The van der Waals surface area contributed by atoms with E-state index in [1.807, 2.05) is 6.07 Å². The normalized spacial score (nSPS) is 15.7. The van der Waals surface area contributed by atoms with Crippen molar-refractivity contribution in [1.82, 2.24) is 15.2 Å². The summed E-state index contributed by atoms with van der Waals surface area (Å²) in [6.45, 7) is 15.5. The van der Waals surface area contributed by atoms with E-state index in [0.717, 1.165) is 31.2 Å². The van der Waals surface area contributed by atoms with E-state index in [-0.39, 0.29) is 62.8 Å². The van der Waals surface area contributed by atoms with Gasteiger partial charge < -0.3 is 25.5 Å². The van der Waals surface area contributed by atoms with Gasteiger partial charge in [-0.25, -0.2) is 4.98 Å². The van der Waals surface area contributed by atoms with Gasteiger partial charge in [-0.15, -0.1) is 17.2 Å². The van der Waals surface area contributed by atoms with Crippen LogP contribution in [-0.2, 0) is 4.74 Å². The summed E-state index contributed by atoms with van der Waals surface area (Å²) in [6, 6.07) is 5.17. The third-order valence-electron chi connectivity index (χ3n) is 6.25. The molecule has 1 saturated heterocycles. The zero-order chi connectivity index (χ0) is 25.5. The van der Waals surface area contributed by atoms with Crippen LogP contribution in [0.25, 0.3) is 16.7 Å². The van der Waals surface area contributed by atoms with E-state index < -0.39 is 0 Å². The fraction of sp³-hybridized carbons (Fsp3) is 0.538. The Balaban J connectivity index is 0.000000672. The van der Waals surface area contributed by atoms with E-state index in [9.17, 15) is 5.11 Å². The summed E-state index contributed by atoms with van der Waals surface area (Å²) in [4.78, 5) is 6.47. The molecule has 0 spiro atoms. The van der Waals surface area contributed by atoms with Crippen LogP contribution < -0.4 is 56.3 Å². The van der Waals surface area contributed by atoms with Gasteiger partial charge in [-0.05, 0) is 47.9 Å². The molecule has 8 nitrogen and oxygen atoms in total. The third-order valence-corrected chi connectivity index (χ3v) is 6.25. The van der Waals surface area contributed by atoms with Gasteiger partial charge in [-0.3, -0.25) is 0 Å². The number of allylic oxidation sites excluding steroid dienone is 1. The Labute approximate surface area is 252 Å². The minimum absolute atomic E-state index is 0. The molecule has 2 N–H and O–H groups in total. The molecule has 3 rings (SSSR count). The fourth-order valence-electron chi connectivity index (χ4n) is 2.98. The molecule has 1 aliphatic rings. The molecule has 0 radical (unpaired) electrons. The number of pyridine rings is 1. The number of anilines is 1. The van der Waals surface area contributed by atoms with Gasteiger partial charge in [0.2, 0.25) is 0 Å². The summed E-state index contributed by atoms with van der Waals surface area (Å²) in [5, 5.41) is 30.8. The van der Waals surface area contributed by atoms with Crippen LogP contribution >= 0.6 is 0 Å². The van der Waals surface area contributed by atoms with Crippen LogP contribution in [0.5, 0.6) is 5.75 Å². The molecule has 0 amide bonds. The van der Waals surface area contributed by atoms with E-state index in [2.05, 4.69) is 66.9 Å². The smallest absolute Gasteiger partial charge is 0.656 e. The van der Waals surface area contributed by atoms with Gasteiger partial charge in [-0.1, -0.05) is 41.5 Å². The Morgan fingerprint density at radius 2 is 1.94 bits per heavy atom. The summed E-state index contributed by atoms with van der Waals surface area (Å²) >= 11 is 0. The zero-order valence-corrected chi connectivity index (χ0v) is 25.9. The molecule has 9 heteroatoms. The maximum Gasteiger partial charge on any atom is 1.00 e. The number of ether oxygens (including phenoxy) is 1. The first-order valence-electron chi connectivity index (χ1n) is 11.7. The van der Waals surface area contributed by atoms with Gasteiger partial charge >= 0.3 is 51.4 Å². The molecule has 1 aliphatic heterocycles. The molecule has 3 heterocycles. The number of hydrogen-bond donors (Lipinski definition) is 2. The third kappa shape index (κ3) is 9.46. The molecule has 1 fully saturated rings. The second kappa shape index (κ2) is 14.3. The molecule has 1 atom stereocenters. The number of nitrogens with one attached hydrogen (secondary N) is 1. The second-order valence-corrected chi connectivity index (χ2v) is 10.1. The van der Waals surface area contributed by atoms with E-state index in [1.54, 1.807) is 13.1 Å². The number of aromatic nitrogens is 3. The van der Waals surface area contributed by atoms with Crippen molar-refractivity contribution in [2.24, 2.45) is 17.3 Å². The number of rotatable bonds is 6. The Morgan fingerprint density at radius 3 is 2.37 bits per heavy atom. The predicted octanol–water partition coefficient (Wildman–Crippen LogP) is 2.64. The SMILES string of the molecule is CC(C)C(C)(C)C.C[N-]/C(=C\C(=N)c1cnc(-c2ccc(N3CC[C@@H](C)C3)nn2)c(O)c1)OC.[K+]. The fourth-order valence-corrected chi connectivity index (χ4v) is 2.98. The van der Waals surface area contributed by atoms with Gasteiger partial charge in [0.25, 0.3) is 0 Å². The molecular weight excluding hydrogens is 467 g/mol. The number of methoxy groups -OCH3 is 1. The monoisotopic (exact) mass is 506 g/mol. The van der Waals surface area contributed by atoms with E-state index in [1.165, 1.54) is 25.4 Å². The van der Waals surface area contributed by atoms with Gasteiger partial charge in [0.15, 0.2) is 5.82 Å². The summed E-state index contributed by atoms with van der Waals surface area (Å²) in [5.74, 6) is 2.55. The van der Waals surface area contributed by atoms with Crippen molar-refractivity contribution in [2.75, 3.05) is 32.1 Å². The van der Waals surface area contributed by atoms with E-state index in [0.29, 0.717) is 34.2 Å². The van der Waals surface area contributed by atoms with Crippen molar-refractivity contribution in [3.8, 4) is 17.1 Å². The molecule has 0 bridgehead atoms. The number of aromatic hydroxyl groups is 1. The molecule has 0 aliphatic carbocycles. The molecule has 0 unspecified atom stereocenters. The van der Waals surface area contributed by atoms with Crippen LogP contribution in [0.4, 0.5) is 5.82 Å². The van der Waals surface area contributed by atoms with Crippen LogP contribution in [0.2, 0.25) is 0 Å². The Morgan fingerprint density at radius 1 is 1.29 bits per heavy atom. The molecule has 0 aromatic carbocycles. The van der Waals surface area contributed by atoms with Crippen LogP contribution in [0.15, 0.2) is 36.4 Å². The van der Waals surface area contributed by atoms with E-state index in [4.69, 9.17) is 10.1 Å². The molecule has 0 saturated carbocycles. The molecular formula is C26H39KN6O2. The largest absolute Gasteiger partial charge is 1.00 e. The average Bonchev–Trinajstić information content (AvgIpc) is 3.23.